The van der Waals surface area contributed by atoms with Crippen LogP contribution in [0.15, 0.2) is 0 Å². The van der Waals surface area contributed by atoms with Crippen molar-refractivity contribution in [2.75, 3.05) is 6.54 Å². The highest BCUT2D eigenvalue weighted by Crippen LogP contribution is 2.25. The maximum Gasteiger partial charge on any atom is 0.326 e. The van der Waals surface area contributed by atoms with Crippen molar-refractivity contribution in [2.45, 2.75) is 46.1 Å². The maximum atomic E-state index is 12.6. The van der Waals surface area contributed by atoms with E-state index in [2.05, 4.69) is 5.10 Å². The number of aryl methyl sites for hydroxylation is 2. The predicted octanol–water partition coefficient (Wildman–Crippen LogP) is 1.29. The highest BCUT2D eigenvalue weighted by atomic mass is 16.4. The Morgan fingerprint density at radius 1 is 1.38 bits per heavy atom. The second-order valence-corrected chi connectivity index (χ2v) is 5.94. The van der Waals surface area contributed by atoms with Gasteiger partial charge in [-0.2, -0.15) is 5.10 Å². The average Bonchev–Trinajstić information content (AvgIpc) is 2.64. The van der Waals surface area contributed by atoms with E-state index in [1.54, 1.807) is 4.68 Å². The van der Waals surface area contributed by atoms with Gasteiger partial charge in [0.1, 0.15) is 6.04 Å². The molecule has 1 aromatic heterocycles. The number of amides is 1. The van der Waals surface area contributed by atoms with Gasteiger partial charge in [0.15, 0.2) is 0 Å². The minimum atomic E-state index is -0.907. The summed E-state index contributed by atoms with van der Waals surface area (Å²) in [5.41, 5.74) is 2.70. The van der Waals surface area contributed by atoms with E-state index in [9.17, 15) is 14.7 Å². The fraction of sp³-hybridized carbons (Fsp3) is 0.667. The first kappa shape index (κ1) is 15.5. The summed E-state index contributed by atoms with van der Waals surface area (Å²) in [7, 11) is 1.85. The minimum Gasteiger partial charge on any atom is -0.480 e. The Balaban J connectivity index is 2.20. The topological polar surface area (TPSA) is 75.4 Å². The minimum absolute atomic E-state index is 0.00343. The van der Waals surface area contributed by atoms with Gasteiger partial charge in [0.05, 0.1) is 12.1 Å². The third-order valence-electron chi connectivity index (χ3n) is 4.49. The molecule has 1 amide bonds. The lowest BCUT2D eigenvalue weighted by atomic mass is 9.90. The van der Waals surface area contributed by atoms with E-state index in [1.807, 2.05) is 27.8 Å². The molecular formula is C15H23N3O3. The molecule has 116 valence electrons. The third-order valence-corrected chi connectivity index (χ3v) is 4.49. The van der Waals surface area contributed by atoms with Gasteiger partial charge >= 0.3 is 5.97 Å². The first-order chi connectivity index (χ1) is 9.82. The summed E-state index contributed by atoms with van der Waals surface area (Å²) in [6.07, 6.45) is 1.94. The Labute approximate surface area is 124 Å². The second-order valence-electron chi connectivity index (χ2n) is 5.94. The van der Waals surface area contributed by atoms with Gasteiger partial charge in [-0.15, -0.1) is 0 Å². The normalized spacial score (nSPS) is 22.4. The van der Waals surface area contributed by atoms with Crippen molar-refractivity contribution in [1.29, 1.82) is 0 Å². The van der Waals surface area contributed by atoms with Crippen LogP contribution in [0, 0.1) is 19.8 Å². The van der Waals surface area contributed by atoms with Crippen molar-refractivity contribution >= 4 is 11.9 Å². The highest BCUT2D eigenvalue weighted by molar-refractivity contribution is 5.85. The molecule has 0 saturated carbocycles. The molecule has 1 N–H and O–H groups in total. The van der Waals surface area contributed by atoms with Gasteiger partial charge < -0.3 is 10.0 Å². The summed E-state index contributed by atoms with van der Waals surface area (Å²) in [5.74, 6) is -1.03. The fourth-order valence-electron chi connectivity index (χ4n) is 3.17. The maximum absolute atomic E-state index is 12.6. The molecule has 0 aliphatic carbocycles. The number of piperidine rings is 1. The quantitative estimate of drug-likeness (QED) is 0.911. The van der Waals surface area contributed by atoms with E-state index < -0.39 is 12.0 Å². The number of aromatic nitrogens is 2. The van der Waals surface area contributed by atoms with Gasteiger partial charge in [-0.05, 0) is 32.6 Å². The number of carboxylic acid groups (broad SMARTS) is 1. The smallest absolute Gasteiger partial charge is 0.326 e. The molecule has 2 atom stereocenters. The standard InChI is InChI=1S/C15H23N3O3/c1-9-6-5-7-18(14(9)15(20)21)13(19)8-12-10(2)16-17(4)11(12)3/h9,14H,5-8H2,1-4H3,(H,20,21). The Kier molecular flexibility index (Phi) is 4.34. The van der Waals surface area contributed by atoms with E-state index in [1.165, 1.54) is 4.90 Å². The van der Waals surface area contributed by atoms with Crippen LogP contribution in [-0.4, -0.2) is 44.3 Å². The lowest BCUT2D eigenvalue weighted by Gasteiger charge is -2.37. The zero-order chi connectivity index (χ0) is 15.7. The molecule has 6 heteroatoms. The zero-order valence-corrected chi connectivity index (χ0v) is 13.1. The Hall–Kier alpha value is -1.85. The number of nitrogens with zero attached hydrogens (tertiary/aromatic N) is 3. The predicted molar refractivity (Wildman–Crippen MR) is 77.9 cm³/mol. The van der Waals surface area contributed by atoms with Gasteiger partial charge in [-0.1, -0.05) is 6.92 Å². The third kappa shape index (κ3) is 2.94. The number of carbonyl (C=O) groups is 2. The van der Waals surface area contributed by atoms with E-state index >= 15 is 0 Å². The van der Waals surface area contributed by atoms with Crippen molar-refractivity contribution in [3.63, 3.8) is 0 Å². The summed E-state index contributed by atoms with van der Waals surface area (Å²) in [6.45, 7) is 6.23. The van der Waals surface area contributed by atoms with Crippen molar-refractivity contribution in [3.8, 4) is 0 Å². The van der Waals surface area contributed by atoms with Crippen LogP contribution in [0.2, 0.25) is 0 Å². The number of carbonyl (C=O) groups excluding carboxylic acids is 1. The molecule has 2 rings (SSSR count). The molecule has 0 aromatic carbocycles. The summed E-state index contributed by atoms with van der Waals surface area (Å²) in [4.78, 5) is 25.6. The van der Waals surface area contributed by atoms with E-state index in [0.29, 0.717) is 6.54 Å². The molecule has 2 heterocycles. The summed E-state index contributed by atoms with van der Waals surface area (Å²) < 4.78 is 1.76. The van der Waals surface area contributed by atoms with Crippen molar-refractivity contribution in [1.82, 2.24) is 14.7 Å². The lowest BCUT2D eigenvalue weighted by Crippen LogP contribution is -2.52. The van der Waals surface area contributed by atoms with Crippen LogP contribution < -0.4 is 0 Å². The van der Waals surface area contributed by atoms with Crippen LogP contribution >= 0.6 is 0 Å². The van der Waals surface area contributed by atoms with Gasteiger partial charge in [0, 0.05) is 24.8 Å². The Morgan fingerprint density at radius 3 is 2.57 bits per heavy atom. The molecule has 6 nitrogen and oxygen atoms in total. The largest absolute Gasteiger partial charge is 0.480 e. The second kappa shape index (κ2) is 5.87. The molecule has 1 fully saturated rings. The van der Waals surface area contributed by atoms with Gasteiger partial charge in [-0.3, -0.25) is 9.48 Å². The molecule has 1 saturated heterocycles. The number of hydrogen-bond acceptors (Lipinski definition) is 3. The first-order valence-corrected chi connectivity index (χ1v) is 7.34. The van der Waals surface area contributed by atoms with Crippen molar-refractivity contribution in [2.24, 2.45) is 13.0 Å². The summed E-state index contributed by atoms with van der Waals surface area (Å²) >= 11 is 0. The molecule has 2 unspecified atom stereocenters. The van der Waals surface area contributed by atoms with Crippen LogP contribution in [-0.2, 0) is 23.1 Å². The average molecular weight is 293 g/mol. The number of rotatable bonds is 3. The van der Waals surface area contributed by atoms with Crippen molar-refractivity contribution in [3.05, 3.63) is 17.0 Å². The molecule has 0 spiro atoms. The lowest BCUT2D eigenvalue weighted by molar-refractivity contribution is -0.154. The molecule has 0 bridgehead atoms. The molecule has 1 aliphatic rings. The number of hydrogen-bond donors (Lipinski definition) is 1. The van der Waals surface area contributed by atoms with E-state index in [0.717, 1.165) is 29.8 Å². The van der Waals surface area contributed by atoms with Gasteiger partial charge in [0.25, 0.3) is 0 Å². The molecule has 21 heavy (non-hydrogen) atoms. The number of likely N-dealkylation sites (tertiary alicyclic amines) is 1. The Bertz CT molecular complexity index is 565. The van der Waals surface area contributed by atoms with Gasteiger partial charge in [0.2, 0.25) is 5.91 Å². The van der Waals surface area contributed by atoms with Crippen molar-refractivity contribution < 1.29 is 14.7 Å². The fourth-order valence-corrected chi connectivity index (χ4v) is 3.17. The van der Waals surface area contributed by atoms with Crippen LogP contribution in [0.4, 0.5) is 0 Å². The molecule has 0 radical (unpaired) electrons. The summed E-state index contributed by atoms with van der Waals surface area (Å²) in [6, 6.07) is -0.705. The molecule has 1 aliphatic heterocycles. The monoisotopic (exact) mass is 293 g/mol. The highest BCUT2D eigenvalue weighted by Gasteiger charge is 2.37. The SMILES string of the molecule is Cc1nn(C)c(C)c1CC(=O)N1CCCC(C)C1C(=O)O. The van der Waals surface area contributed by atoms with Gasteiger partial charge in [-0.25, -0.2) is 4.79 Å². The molecule has 1 aromatic rings. The zero-order valence-electron chi connectivity index (χ0n) is 13.1. The van der Waals surface area contributed by atoms with Crippen LogP contribution in [0.3, 0.4) is 0 Å². The number of carboxylic acids is 1. The van der Waals surface area contributed by atoms with Crippen LogP contribution in [0.1, 0.15) is 36.7 Å². The van der Waals surface area contributed by atoms with Crippen LogP contribution in [0.25, 0.3) is 0 Å². The van der Waals surface area contributed by atoms with E-state index in [4.69, 9.17) is 0 Å². The number of aliphatic carboxylic acids is 1. The first-order valence-electron chi connectivity index (χ1n) is 7.34. The van der Waals surface area contributed by atoms with E-state index in [-0.39, 0.29) is 18.2 Å². The Morgan fingerprint density at radius 2 is 2.05 bits per heavy atom. The summed E-state index contributed by atoms with van der Waals surface area (Å²) in [5, 5.41) is 13.7. The van der Waals surface area contributed by atoms with Crippen LogP contribution in [0.5, 0.6) is 0 Å². The molecular weight excluding hydrogens is 270 g/mol.